The molecular formula is C16H16BrNO3. The van der Waals surface area contributed by atoms with Gasteiger partial charge in [-0.05, 0) is 35.9 Å². The maximum absolute atomic E-state index is 11.1. The Morgan fingerprint density at radius 1 is 1.24 bits per heavy atom. The van der Waals surface area contributed by atoms with E-state index >= 15 is 0 Å². The van der Waals surface area contributed by atoms with E-state index in [-0.39, 0.29) is 5.56 Å². The maximum atomic E-state index is 11.1. The van der Waals surface area contributed by atoms with Crippen LogP contribution in [0.15, 0.2) is 46.9 Å². The number of hydrogen-bond acceptors (Lipinski definition) is 3. The zero-order valence-electron chi connectivity index (χ0n) is 11.8. The standard InChI is InChI=1S/C16H16BrNO3/c1-18(10-11-3-5-15(21-2)6-4-11)14-8-12(16(19)20)7-13(17)9-14/h3-9H,10H2,1-2H3,(H,19,20). The number of nitrogens with zero attached hydrogens (tertiary/aromatic N) is 1. The summed E-state index contributed by atoms with van der Waals surface area (Å²) in [7, 11) is 3.56. The Bertz CT molecular complexity index is 640. The molecule has 0 heterocycles. The van der Waals surface area contributed by atoms with Gasteiger partial charge in [-0.25, -0.2) is 4.79 Å². The third-order valence-corrected chi connectivity index (χ3v) is 3.61. The lowest BCUT2D eigenvalue weighted by Crippen LogP contribution is -2.17. The maximum Gasteiger partial charge on any atom is 0.335 e. The Morgan fingerprint density at radius 2 is 1.90 bits per heavy atom. The number of carboxylic acid groups (broad SMARTS) is 1. The second kappa shape index (κ2) is 6.63. The number of hydrogen-bond donors (Lipinski definition) is 1. The lowest BCUT2D eigenvalue weighted by atomic mass is 10.1. The SMILES string of the molecule is COc1ccc(CN(C)c2cc(Br)cc(C(=O)O)c2)cc1. The van der Waals surface area contributed by atoms with E-state index in [0.717, 1.165) is 21.5 Å². The molecule has 2 aromatic rings. The van der Waals surface area contributed by atoms with Crippen molar-refractivity contribution in [2.24, 2.45) is 0 Å². The lowest BCUT2D eigenvalue weighted by molar-refractivity contribution is 0.0697. The summed E-state index contributed by atoms with van der Waals surface area (Å²) in [6.45, 7) is 0.680. The smallest absolute Gasteiger partial charge is 0.335 e. The minimum atomic E-state index is -0.935. The first-order chi connectivity index (χ1) is 9.99. The third kappa shape index (κ3) is 3.98. The molecule has 0 unspecified atom stereocenters. The third-order valence-electron chi connectivity index (χ3n) is 3.15. The summed E-state index contributed by atoms with van der Waals surface area (Å²) in [6.07, 6.45) is 0. The molecule has 21 heavy (non-hydrogen) atoms. The molecule has 2 aromatic carbocycles. The number of anilines is 1. The fraction of sp³-hybridized carbons (Fsp3) is 0.188. The zero-order valence-corrected chi connectivity index (χ0v) is 13.4. The van der Waals surface area contributed by atoms with Crippen molar-refractivity contribution < 1.29 is 14.6 Å². The van der Waals surface area contributed by atoms with Crippen LogP contribution in [0.1, 0.15) is 15.9 Å². The van der Waals surface area contributed by atoms with Crippen LogP contribution >= 0.6 is 15.9 Å². The van der Waals surface area contributed by atoms with Crippen LogP contribution in [0.2, 0.25) is 0 Å². The van der Waals surface area contributed by atoms with Gasteiger partial charge in [0.1, 0.15) is 5.75 Å². The van der Waals surface area contributed by atoms with Crippen molar-refractivity contribution in [3.63, 3.8) is 0 Å². The fourth-order valence-electron chi connectivity index (χ4n) is 2.01. The van der Waals surface area contributed by atoms with Crippen molar-refractivity contribution in [1.82, 2.24) is 0 Å². The molecule has 0 aliphatic carbocycles. The molecule has 5 heteroatoms. The summed E-state index contributed by atoms with van der Waals surface area (Å²) in [6, 6.07) is 13.0. The molecule has 1 N–H and O–H groups in total. The minimum Gasteiger partial charge on any atom is -0.497 e. The monoisotopic (exact) mass is 349 g/mol. The number of aromatic carboxylic acids is 1. The van der Waals surface area contributed by atoms with Gasteiger partial charge < -0.3 is 14.7 Å². The van der Waals surface area contributed by atoms with E-state index in [1.54, 1.807) is 19.2 Å². The van der Waals surface area contributed by atoms with Gasteiger partial charge in [0.25, 0.3) is 0 Å². The van der Waals surface area contributed by atoms with Crippen molar-refractivity contribution in [3.8, 4) is 5.75 Å². The molecule has 0 spiro atoms. The highest BCUT2D eigenvalue weighted by molar-refractivity contribution is 9.10. The van der Waals surface area contributed by atoms with Crippen LogP contribution in [0.4, 0.5) is 5.69 Å². The highest BCUT2D eigenvalue weighted by atomic mass is 79.9. The van der Waals surface area contributed by atoms with Gasteiger partial charge >= 0.3 is 5.97 Å². The predicted molar refractivity (Wildman–Crippen MR) is 86.2 cm³/mol. The van der Waals surface area contributed by atoms with Crippen molar-refractivity contribution in [3.05, 3.63) is 58.1 Å². The number of carboxylic acids is 1. The van der Waals surface area contributed by atoms with Gasteiger partial charge in [-0.15, -0.1) is 0 Å². The second-order valence-electron chi connectivity index (χ2n) is 4.71. The van der Waals surface area contributed by atoms with E-state index in [9.17, 15) is 4.79 Å². The molecule has 0 aliphatic heterocycles. The molecular weight excluding hydrogens is 334 g/mol. The summed E-state index contributed by atoms with van der Waals surface area (Å²) < 4.78 is 5.88. The van der Waals surface area contributed by atoms with Crippen molar-refractivity contribution in [2.75, 3.05) is 19.1 Å². The lowest BCUT2D eigenvalue weighted by Gasteiger charge is -2.20. The van der Waals surface area contributed by atoms with Gasteiger partial charge in [0.05, 0.1) is 12.7 Å². The molecule has 2 rings (SSSR count). The quantitative estimate of drug-likeness (QED) is 0.891. The number of methoxy groups -OCH3 is 1. The number of halogens is 1. The van der Waals surface area contributed by atoms with Crippen molar-refractivity contribution >= 4 is 27.6 Å². The average Bonchev–Trinajstić information content (AvgIpc) is 2.47. The first-order valence-corrected chi connectivity index (χ1v) is 7.17. The highest BCUT2D eigenvalue weighted by Crippen LogP contribution is 2.24. The first-order valence-electron chi connectivity index (χ1n) is 6.37. The largest absolute Gasteiger partial charge is 0.497 e. The molecule has 0 bridgehead atoms. The molecule has 4 nitrogen and oxygen atoms in total. The van der Waals surface area contributed by atoms with Gasteiger partial charge in [0.15, 0.2) is 0 Å². The van der Waals surface area contributed by atoms with Crippen molar-refractivity contribution in [2.45, 2.75) is 6.54 Å². The highest BCUT2D eigenvalue weighted by Gasteiger charge is 2.09. The van der Waals surface area contributed by atoms with E-state index in [2.05, 4.69) is 15.9 Å². The Hall–Kier alpha value is -2.01. The zero-order chi connectivity index (χ0) is 15.4. The fourth-order valence-corrected chi connectivity index (χ4v) is 2.50. The molecule has 0 saturated carbocycles. The van der Waals surface area contributed by atoms with E-state index in [0.29, 0.717) is 6.54 Å². The topological polar surface area (TPSA) is 49.8 Å². The molecule has 0 aromatic heterocycles. The van der Waals surface area contributed by atoms with E-state index in [4.69, 9.17) is 9.84 Å². The van der Waals surface area contributed by atoms with Crippen LogP contribution in [-0.2, 0) is 6.54 Å². The van der Waals surface area contributed by atoms with Gasteiger partial charge in [-0.3, -0.25) is 0 Å². The predicted octanol–water partition coefficient (Wildman–Crippen LogP) is 3.79. The van der Waals surface area contributed by atoms with E-state index in [1.807, 2.05) is 42.3 Å². The second-order valence-corrected chi connectivity index (χ2v) is 5.62. The summed E-state index contributed by atoms with van der Waals surface area (Å²) in [5.74, 6) is -0.118. The number of benzene rings is 2. The number of rotatable bonds is 5. The van der Waals surface area contributed by atoms with E-state index < -0.39 is 5.97 Å². The molecule has 0 saturated heterocycles. The first kappa shape index (κ1) is 15.4. The van der Waals surface area contributed by atoms with Crippen LogP contribution in [-0.4, -0.2) is 25.2 Å². The van der Waals surface area contributed by atoms with Gasteiger partial charge in [0, 0.05) is 23.8 Å². The Morgan fingerprint density at radius 3 is 2.48 bits per heavy atom. The average molecular weight is 350 g/mol. The van der Waals surface area contributed by atoms with E-state index in [1.165, 1.54) is 0 Å². The van der Waals surface area contributed by atoms with Crippen LogP contribution in [0.3, 0.4) is 0 Å². The molecule has 0 atom stereocenters. The normalized spacial score (nSPS) is 10.2. The summed E-state index contributed by atoms with van der Waals surface area (Å²) in [5.41, 5.74) is 2.23. The summed E-state index contributed by atoms with van der Waals surface area (Å²) >= 11 is 3.35. The Kier molecular flexibility index (Phi) is 4.85. The van der Waals surface area contributed by atoms with Crippen LogP contribution in [0.25, 0.3) is 0 Å². The van der Waals surface area contributed by atoms with Gasteiger partial charge in [0.2, 0.25) is 0 Å². The van der Waals surface area contributed by atoms with Crippen molar-refractivity contribution in [1.29, 1.82) is 0 Å². The van der Waals surface area contributed by atoms with Crippen LogP contribution in [0.5, 0.6) is 5.75 Å². The summed E-state index contributed by atoms with van der Waals surface area (Å²) in [5, 5.41) is 9.11. The van der Waals surface area contributed by atoms with Crippen LogP contribution in [0, 0.1) is 0 Å². The number of ether oxygens (including phenoxy) is 1. The minimum absolute atomic E-state index is 0.265. The molecule has 0 radical (unpaired) electrons. The Balaban J connectivity index is 2.19. The van der Waals surface area contributed by atoms with Gasteiger partial charge in [-0.1, -0.05) is 28.1 Å². The molecule has 110 valence electrons. The number of carbonyl (C=O) groups is 1. The molecule has 0 aliphatic rings. The van der Waals surface area contributed by atoms with Crippen LogP contribution < -0.4 is 9.64 Å². The van der Waals surface area contributed by atoms with Gasteiger partial charge in [-0.2, -0.15) is 0 Å². The Labute approximate surface area is 132 Å². The molecule has 0 amide bonds. The summed E-state index contributed by atoms with van der Waals surface area (Å²) in [4.78, 5) is 13.1. The molecule has 0 fully saturated rings.